The van der Waals surface area contributed by atoms with Gasteiger partial charge < -0.3 is 24.8 Å². The monoisotopic (exact) mass is 541 g/mol. The van der Waals surface area contributed by atoms with Gasteiger partial charge in [-0.25, -0.2) is 4.98 Å². The van der Waals surface area contributed by atoms with E-state index in [4.69, 9.17) is 19.2 Å². The molecule has 0 unspecified atom stereocenters. The second-order valence-electron chi connectivity index (χ2n) is 7.46. The number of nitrogens with one attached hydrogen (secondary N) is 2. The Kier molecular flexibility index (Phi) is 10.8. The summed E-state index contributed by atoms with van der Waals surface area (Å²) in [5, 5.41) is 6.32. The quantitative estimate of drug-likeness (QED) is 0.201. The van der Waals surface area contributed by atoms with Gasteiger partial charge in [0.2, 0.25) is 11.7 Å². The molecule has 1 aromatic heterocycles. The number of amides is 2. The molecule has 0 aliphatic heterocycles. The van der Waals surface area contributed by atoms with Crippen LogP contribution in [0.1, 0.15) is 31.1 Å². The van der Waals surface area contributed by atoms with Crippen molar-refractivity contribution in [1.29, 1.82) is 0 Å². The highest BCUT2D eigenvalue weighted by molar-refractivity contribution is 8.01. The van der Waals surface area contributed by atoms with Crippen LogP contribution in [0.15, 0.2) is 59.5 Å². The zero-order chi connectivity index (χ0) is 26.6. The normalized spacial score (nSPS) is 10.5. The van der Waals surface area contributed by atoms with Crippen LogP contribution in [-0.2, 0) is 4.79 Å². The van der Waals surface area contributed by atoms with E-state index < -0.39 is 0 Å². The van der Waals surface area contributed by atoms with Crippen molar-refractivity contribution in [2.24, 2.45) is 0 Å². The van der Waals surface area contributed by atoms with Crippen molar-refractivity contribution in [2.75, 3.05) is 37.4 Å². The van der Waals surface area contributed by atoms with E-state index in [1.54, 1.807) is 18.2 Å². The molecule has 2 aromatic carbocycles. The lowest BCUT2D eigenvalue weighted by atomic mass is 10.1. The Labute approximate surface area is 225 Å². The Morgan fingerprint density at radius 3 is 2.27 bits per heavy atom. The predicted octanol–water partition coefficient (Wildman–Crippen LogP) is 5.65. The lowest BCUT2D eigenvalue weighted by Crippen LogP contribution is -2.24. The Morgan fingerprint density at radius 2 is 1.68 bits per heavy atom. The smallest absolute Gasteiger partial charge is 0.256 e. The lowest BCUT2D eigenvalue weighted by Gasteiger charge is -2.17. The van der Waals surface area contributed by atoms with Crippen molar-refractivity contribution in [3.8, 4) is 28.5 Å². The summed E-state index contributed by atoms with van der Waals surface area (Å²) in [6.07, 6.45) is 1.63. The van der Waals surface area contributed by atoms with Crippen molar-refractivity contribution in [3.63, 3.8) is 0 Å². The number of hydrogen-bond acceptors (Lipinski definition) is 8. The van der Waals surface area contributed by atoms with E-state index in [2.05, 4.69) is 17.2 Å². The molecule has 3 rings (SSSR count). The van der Waals surface area contributed by atoms with E-state index in [-0.39, 0.29) is 17.6 Å². The van der Waals surface area contributed by atoms with Gasteiger partial charge in [-0.2, -0.15) is 0 Å². The maximum absolute atomic E-state index is 13.4. The van der Waals surface area contributed by atoms with Gasteiger partial charge in [0, 0.05) is 17.7 Å². The summed E-state index contributed by atoms with van der Waals surface area (Å²) < 4.78 is 17.9. The largest absolute Gasteiger partial charge is 0.490 e. The first-order valence-electron chi connectivity index (χ1n) is 11.9. The number of nitrogens with zero attached hydrogens (tertiary/aromatic N) is 1. The SMILES string of the molecule is C=CCNC(=O)CSc1nc(-c2ccccc2)c(NC(=O)c2cc(OCC)c(OCC)c(OCC)c2)s1. The topological polar surface area (TPSA) is 98.8 Å². The summed E-state index contributed by atoms with van der Waals surface area (Å²) in [5.41, 5.74) is 1.85. The van der Waals surface area contributed by atoms with E-state index in [1.807, 2.05) is 51.1 Å². The molecule has 0 radical (unpaired) electrons. The van der Waals surface area contributed by atoms with Crippen LogP contribution in [0.5, 0.6) is 17.2 Å². The zero-order valence-corrected chi connectivity index (χ0v) is 22.8. The molecule has 0 spiro atoms. The minimum absolute atomic E-state index is 0.117. The first-order chi connectivity index (χ1) is 18.0. The standard InChI is InChI=1S/C27H31N3O5S2/c1-5-14-28-22(31)17-36-27-29-23(18-12-10-9-11-13-18)26(37-27)30-25(32)19-15-20(33-6-2)24(35-8-4)21(16-19)34-7-3/h5,9-13,15-16H,1,6-8,14,17H2,2-4H3,(H,28,31)(H,30,32). The molecule has 0 saturated carbocycles. The fourth-order valence-electron chi connectivity index (χ4n) is 3.30. The fourth-order valence-corrected chi connectivity index (χ4v) is 5.19. The highest BCUT2D eigenvalue weighted by atomic mass is 32.2. The molecule has 2 N–H and O–H groups in total. The van der Waals surface area contributed by atoms with Gasteiger partial charge in [-0.3, -0.25) is 9.59 Å². The maximum atomic E-state index is 13.4. The Morgan fingerprint density at radius 1 is 1.03 bits per heavy atom. The zero-order valence-electron chi connectivity index (χ0n) is 21.2. The van der Waals surface area contributed by atoms with Crippen LogP contribution in [-0.4, -0.2) is 48.9 Å². The molecular weight excluding hydrogens is 510 g/mol. The first-order valence-corrected chi connectivity index (χ1v) is 13.7. The number of carbonyl (C=O) groups is 2. The molecule has 0 fully saturated rings. The number of ether oxygens (including phenoxy) is 3. The number of rotatable bonds is 14. The number of carbonyl (C=O) groups excluding carboxylic acids is 2. The molecule has 10 heteroatoms. The highest BCUT2D eigenvalue weighted by Crippen LogP contribution is 2.41. The maximum Gasteiger partial charge on any atom is 0.256 e. The number of aromatic nitrogens is 1. The van der Waals surface area contributed by atoms with E-state index in [9.17, 15) is 9.59 Å². The molecule has 0 atom stereocenters. The predicted molar refractivity (Wildman–Crippen MR) is 149 cm³/mol. The number of benzene rings is 2. The van der Waals surface area contributed by atoms with E-state index in [0.717, 1.165) is 5.56 Å². The van der Waals surface area contributed by atoms with Crippen LogP contribution in [0.25, 0.3) is 11.3 Å². The van der Waals surface area contributed by atoms with Gasteiger partial charge in [0.05, 0.1) is 25.6 Å². The number of hydrogen-bond donors (Lipinski definition) is 2. The molecular formula is C27H31N3O5S2. The Bertz CT molecular complexity index is 1190. The Hall–Kier alpha value is -3.50. The van der Waals surface area contributed by atoms with E-state index in [1.165, 1.54) is 23.1 Å². The van der Waals surface area contributed by atoms with E-state index >= 15 is 0 Å². The fraction of sp³-hybridized carbons (Fsp3) is 0.296. The van der Waals surface area contributed by atoms with Gasteiger partial charge >= 0.3 is 0 Å². The summed E-state index contributed by atoms with van der Waals surface area (Å²) in [6, 6.07) is 12.9. The van der Waals surface area contributed by atoms with Crippen molar-refractivity contribution in [2.45, 2.75) is 25.1 Å². The van der Waals surface area contributed by atoms with Crippen LogP contribution >= 0.6 is 23.1 Å². The average molecular weight is 542 g/mol. The minimum atomic E-state index is -0.342. The van der Waals surface area contributed by atoms with Gasteiger partial charge in [0.1, 0.15) is 10.7 Å². The molecule has 0 saturated heterocycles. The molecule has 3 aromatic rings. The van der Waals surface area contributed by atoms with Crippen LogP contribution in [0, 0.1) is 0 Å². The second kappa shape index (κ2) is 14.3. The molecule has 1 heterocycles. The van der Waals surface area contributed by atoms with Crippen molar-refractivity contribution in [3.05, 3.63) is 60.7 Å². The van der Waals surface area contributed by atoms with Crippen LogP contribution in [0.4, 0.5) is 5.00 Å². The molecule has 8 nitrogen and oxygen atoms in total. The van der Waals surface area contributed by atoms with Crippen molar-refractivity contribution >= 4 is 39.9 Å². The molecule has 196 valence electrons. The summed E-state index contributed by atoms with van der Waals surface area (Å²) in [7, 11) is 0. The van der Waals surface area contributed by atoms with Crippen molar-refractivity contribution < 1.29 is 23.8 Å². The number of anilines is 1. The third-order valence-corrected chi connectivity index (χ3v) is 6.94. The van der Waals surface area contributed by atoms with Crippen LogP contribution < -0.4 is 24.8 Å². The van der Waals surface area contributed by atoms with Crippen molar-refractivity contribution in [1.82, 2.24) is 10.3 Å². The average Bonchev–Trinajstić information content (AvgIpc) is 3.31. The first kappa shape index (κ1) is 28.1. The third-order valence-electron chi connectivity index (χ3n) is 4.82. The second-order valence-corrected chi connectivity index (χ2v) is 9.68. The molecule has 0 aliphatic rings. The summed E-state index contributed by atoms with van der Waals surface area (Å²) >= 11 is 2.63. The van der Waals surface area contributed by atoms with Crippen LogP contribution in [0.3, 0.4) is 0 Å². The lowest BCUT2D eigenvalue weighted by molar-refractivity contribution is -0.118. The number of thiazole rings is 1. The van der Waals surface area contributed by atoms with Gasteiger partial charge in [0.15, 0.2) is 15.8 Å². The molecule has 2 amide bonds. The third kappa shape index (κ3) is 7.74. The van der Waals surface area contributed by atoms with Gasteiger partial charge in [-0.1, -0.05) is 59.5 Å². The molecule has 37 heavy (non-hydrogen) atoms. The molecule has 0 bridgehead atoms. The summed E-state index contributed by atoms with van der Waals surface area (Å²) in [6.45, 7) is 10.9. The Balaban J connectivity index is 1.92. The van der Waals surface area contributed by atoms with Gasteiger partial charge in [-0.05, 0) is 32.9 Å². The van der Waals surface area contributed by atoms with E-state index in [0.29, 0.717) is 64.2 Å². The summed E-state index contributed by atoms with van der Waals surface area (Å²) in [5.74, 6) is 1.10. The molecule has 0 aliphatic carbocycles. The highest BCUT2D eigenvalue weighted by Gasteiger charge is 2.21. The van der Waals surface area contributed by atoms with Gasteiger partial charge in [-0.15, -0.1) is 6.58 Å². The minimum Gasteiger partial charge on any atom is -0.490 e. The number of thioether (sulfide) groups is 1. The van der Waals surface area contributed by atoms with Gasteiger partial charge in [0.25, 0.3) is 5.91 Å². The van der Waals surface area contributed by atoms with Crippen LogP contribution in [0.2, 0.25) is 0 Å². The summed E-state index contributed by atoms with van der Waals surface area (Å²) in [4.78, 5) is 30.2.